The molecule has 0 spiro atoms. The van der Waals surface area contributed by atoms with E-state index in [1.165, 1.54) is 25.7 Å². The van der Waals surface area contributed by atoms with Gasteiger partial charge in [0.05, 0.1) is 37.4 Å². The van der Waals surface area contributed by atoms with Crippen molar-refractivity contribution in [3.05, 3.63) is 59.7 Å². The molecule has 460 valence electrons. The van der Waals surface area contributed by atoms with E-state index < -0.39 is 36.3 Å². The van der Waals surface area contributed by atoms with Crippen molar-refractivity contribution < 1.29 is 38.2 Å². The van der Waals surface area contributed by atoms with Crippen molar-refractivity contribution in [1.29, 1.82) is 0 Å². The van der Waals surface area contributed by atoms with Gasteiger partial charge in [0.25, 0.3) is 0 Å². The van der Waals surface area contributed by atoms with Crippen molar-refractivity contribution in [3.63, 3.8) is 0 Å². The summed E-state index contributed by atoms with van der Waals surface area (Å²) < 4.78 is 11.6. The number of benzene rings is 2. The Labute approximate surface area is 495 Å². The van der Waals surface area contributed by atoms with Gasteiger partial charge < -0.3 is 51.2 Å². The van der Waals surface area contributed by atoms with E-state index in [4.69, 9.17) is 9.47 Å². The molecule has 6 N–H and O–H groups in total. The molecule has 6 heterocycles. The Hall–Kier alpha value is -5.30. The van der Waals surface area contributed by atoms with Gasteiger partial charge in [-0.05, 0) is 115 Å². The lowest BCUT2D eigenvalue weighted by Gasteiger charge is -2.46. The van der Waals surface area contributed by atoms with Gasteiger partial charge >= 0.3 is 0 Å². The standard InChI is InChI=1S/2C30H43N5O4.2C2H6.CH4/c2*1-18(31-2)28(36)33-27(19-8-4-3-5-9-19)30(38)35-16-21-14-20-15-24(20)34(21)17-25(35)29(37)32-23-12-13-39-26-11-7-6-10-22(23)26;2*1-2;/h2*6-7,10-11,18-21,23-25,27,31H,3-5,8-9,12-17H2,1-2H3,(H,32,37)(H,33,36);2*1-2H3;1H4/t18-,20?,21+,23+,24?,25-,27?;18-,20?,21+,23+,24?,25-,27-;;;/m00.../s1. The first kappa shape index (κ1) is 63.7. The highest BCUT2D eigenvalue weighted by atomic mass is 16.5. The Bertz CT molecular complexity index is 2350. The number of piperazine rings is 2. The highest BCUT2D eigenvalue weighted by Crippen LogP contribution is 2.51. The van der Waals surface area contributed by atoms with Crippen LogP contribution in [0, 0.1) is 23.7 Å². The fourth-order valence-electron chi connectivity index (χ4n) is 14.9. The van der Waals surface area contributed by atoms with E-state index in [-0.39, 0.29) is 66.8 Å². The number of hydrogen-bond acceptors (Lipinski definition) is 12. The fourth-order valence-corrected chi connectivity index (χ4v) is 14.9. The molecule has 8 fully saturated rings. The SMILES string of the molecule is C.CC.CC.CN[C@@H](C)C(=O)NC(C(=O)N1C[C@H]2CC3CC3N2C[C@H]1C(=O)N[C@@H]1CCOc2ccccc21)C1CCCCC1.CN[C@@H](C)C(=O)N[C@H](C(=O)N1C[C@H]2CC3CC3N2C[C@H]1C(=O)N[C@@H]1CCOc2ccccc21)C1CCCCC1. The van der Waals surface area contributed by atoms with E-state index in [1.807, 2.05) is 99.9 Å². The number of likely N-dealkylation sites (N-methyl/N-ethyl adjacent to an activating group) is 2. The molecule has 2 aromatic carbocycles. The number of ether oxygens (including phenoxy) is 2. The van der Waals surface area contributed by atoms with E-state index in [1.54, 1.807) is 14.1 Å². The lowest BCUT2D eigenvalue weighted by molar-refractivity contribution is -0.150. The van der Waals surface area contributed by atoms with Crippen molar-refractivity contribution in [1.82, 2.24) is 51.5 Å². The van der Waals surface area contributed by atoms with E-state index in [0.717, 1.165) is 86.8 Å². The van der Waals surface area contributed by atoms with Crippen LogP contribution in [0.4, 0.5) is 0 Å². The molecular formula is C65H102N10O8. The van der Waals surface area contributed by atoms with Crippen molar-refractivity contribution >= 4 is 35.4 Å². The molecule has 14 atom stereocenters. The first-order valence-electron chi connectivity index (χ1n) is 32.0. The van der Waals surface area contributed by atoms with Crippen molar-refractivity contribution in [3.8, 4) is 11.5 Å². The molecule has 18 nitrogen and oxygen atoms in total. The quantitative estimate of drug-likeness (QED) is 0.118. The monoisotopic (exact) mass is 1150 g/mol. The number of carbonyl (C=O) groups excluding carboxylic acids is 6. The minimum atomic E-state index is -0.602. The van der Waals surface area contributed by atoms with E-state index >= 15 is 0 Å². The smallest absolute Gasteiger partial charge is 0.246 e. The molecule has 4 saturated heterocycles. The van der Waals surface area contributed by atoms with E-state index in [0.29, 0.717) is 88.2 Å². The van der Waals surface area contributed by atoms with Gasteiger partial charge in [-0.3, -0.25) is 38.6 Å². The summed E-state index contributed by atoms with van der Waals surface area (Å²) in [7, 11) is 3.50. The Kier molecular flexibility index (Phi) is 22.4. The molecule has 6 amide bonds. The highest BCUT2D eigenvalue weighted by molar-refractivity contribution is 5.95. The normalized spacial score (nSPS) is 29.9. The number of nitrogens with zero attached hydrogens (tertiary/aromatic N) is 4. The number of hydrogen-bond donors (Lipinski definition) is 6. The molecule has 10 aliphatic rings. The average Bonchev–Trinajstić information content (AvgIpc) is 3.87. The fraction of sp³-hybridized carbons (Fsp3) is 0.723. The second-order valence-electron chi connectivity index (χ2n) is 24.6. The predicted molar refractivity (Wildman–Crippen MR) is 323 cm³/mol. The van der Waals surface area contributed by atoms with Crippen LogP contribution >= 0.6 is 0 Å². The first-order valence-corrected chi connectivity index (χ1v) is 32.0. The third kappa shape index (κ3) is 14.3. The highest BCUT2D eigenvalue weighted by Gasteiger charge is 2.58. The molecule has 4 aliphatic carbocycles. The molecular weight excluding hydrogens is 1050 g/mol. The van der Waals surface area contributed by atoms with Crippen LogP contribution in [0.3, 0.4) is 0 Å². The molecule has 6 aliphatic heterocycles. The summed E-state index contributed by atoms with van der Waals surface area (Å²) in [6.45, 7) is 14.9. The Morgan fingerprint density at radius 2 is 0.880 bits per heavy atom. The molecule has 0 bridgehead atoms. The zero-order valence-corrected chi connectivity index (χ0v) is 50.5. The zero-order valence-electron chi connectivity index (χ0n) is 50.5. The van der Waals surface area contributed by atoms with Gasteiger partial charge in [-0.2, -0.15) is 0 Å². The zero-order chi connectivity index (χ0) is 58.2. The van der Waals surface area contributed by atoms with Gasteiger partial charge in [0.15, 0.2) is 0 Å². The Balaban J connectivity index is 0.000000202. The number of para-hydroxylation sites is 2. The van der Waals surface area contributed by atoms with Gasteiger partial charge in [0, 0.05) is 74.3 Å². The minimum absolute atomic E-state index is 0. The second-order valence-corrected chi connectivity index (χ2v) is 24.6. The molecule has 2 aromatic rings. The van der Waals surface area contributed by atoms with Crippen molar-refractivity contribution in [2.45, 2.75) is 224 Å². The van der Waals surface area contributed by atoms with Crippen LogP contribution in [0.2, 0.25) is 0 Å². The molecule has 5 unspecified atom stereocenters. The van der Waals surface area contributed by atoms with Crippen LogP contribution < -0.4 is 41.4 Å². The number of fused-ring (bicyclic) bond motifs is 8. The third-order valence-corrected chi connectivity index (χ3v) is 19.8. The van der Waals surface area contributed by atoms with Gasteiger partial charge in [0.1, 0.15) is 35.7 Å². The average molecular weight is 1150 g/mol. The summed E-state index contributed by atoms with van der Waals surface area (Å²) >= 11 is 0. The van der Waals surface area contributed by atoms with Crippen LogP contribution in [0.25, 0.3) is 0 Å². The summed E-state index contributed by atoms with van der Waals surface area (Å²) in [4.78, 5) is 91.4. The summed E-state index contributed by atoms with van der Waals surface area (Å²) in [5, 5.41) is 18.8. The topological polar surface area (TPSA) is 206 Å². The maximum atomic E-state index is 14.4. The second kappa shape index (κ2) is 29.2. The number of amides is 6. The van der Waals surface area contributed by atoms with Crippen molar-refractivity contribution in [2.75, 3.05) is 53.5 Å². The van der Waals surface area contributed by atoms with Gasteiger partial charge in [-0.1, -0.05) is 110 Å². The Morgan fingerprint density at radius 3 is 1.25 bits per heavy atom. The molecule has 4 saturated carbocycles. The molecule has 0 aromatic heterocycles. The van der Waals surface area contributed by atoms with Gasteiger partial charge in [-0.25, -0.2) is 0 Å². The number of piperidine rings is 2. The van der Waals surface area contributed by atoms with Crippen LogP contribution in [0.15, 0.2) is 48.5 Å². The molecule has 0 radical (unpaired) electrons. The largest absolute Gasteiger partial charge is 0.493 e. The molecule has 18 heteroatoms. The van der Waals surface area contributed by atoms with E-state index in [9.17, 15) is 28.8 Å². The maximum Gasteiger partial charge on any atom is 0.246 e. The summed E-state index contributed by atoms with van der Waals surface area (Å²) in [6, 6.07) is 14.0. The third-order valence-electron chi connectivity index (χ3n) is 19.8. The Morgan fingerprint density at radius 1 is 0.506 bits per heavy atom. The number of carbonyl (C=O) groups is 6. The lowest BCUT2D eigenvalue weighted by atomic mass is 9.82. The summed E-state index contributed by atoms with van der Waals surface area (Å²) in [5.74, 6) is 2.48. The van der Waals surface area contributed by atoms with Crippen LogP contribution in [-0.2, 0) is 28.8 Å². The summed E-state index contributed by atoms with van der Waals surface area (Å²) in [5.41, 5.74) is 1.97. The van der Waals surface area contributed by atoms with Gasteiger partial charge in [-0.15, -0.1) is 0 Å². The summed E-state index contributed by atoms with van der Waals surface area (Å²) in [6.07, 6.45) is 16.3. The van der Waals surface area contributed by atoms with Crippen molar-refractivity contribution in [2.24, 2.45) is 23.7 Å². The predicted octanol–water partition coefficient (Wildman–Crippen LogP) is 6.63. The van der Waals surface area contributed by atoms with Crippen LogP contribution in [-0.4, -0.2) is 169 Å². The van der Waals surface area contributed by atoms with Crippen LogP contribution in [0.1, 0.15) is 175 Å². The minimum Gasteiger partial charge on any atom is -0.493 e. The first-order chi connectivity index (χ1) is 39.9. The lowest BCUT2D eigenvalue weighted by Crippen LogP contribution is -2.67. The molecule has 12 rings (SSSR count). The van der Waals surface area contributed by atoms with Gasteiger partial charge in [0.2, 0.25) is 35.4 Å². The van der Waals surface area contributed by atoms with Crippen LogP contribution in [0.5, 0.6) is 11.5 Å². The number of rotatable bonds is 14. The van der Waals surface area contributed by atoms with E-state index in [2.05, 4.69) is 41.7 Å². The molecule has 83 heavy (non-hydrogen) atoms. The maximum absolute atomic E-state index is 14.4. The number of nitrogens with one attached hydrogen (secondary N) is 6.